The third kappa shape index (κ3) is 2.90. The number of alkyl halides is 3. The van der Waals surface area contributed by atoms with E-state index in [0.717, 1.165) is 23.2 Å². The van der Waals surface area contributed by atoms with E-state index in [4.69, 9.17) is 0 Å². The van der Waals surface area contributed by atoms with Crippen molar-refractivity contribution in [3.05, 3.63) is 65.5 Å². The molecule has 0 saturated heterocycles. The quantitative estimate of drug-likeness (QED) is 0.622. The van der Waals surface area contributed by atoms with E-state index in [0.29, 0.717) is 11.4 Å². The van der Waals surface area contributed by atoms with Crippen molar-refractivity contribution >= 4 is 11.0 Å². The molecule has 2 nitrogen and oxygen atoms in total. The number of halogens is 3. The first kappa shape index (κ1) is 13.3. The molecular formula is C16H9F3N2. The summed E-state index contributed by atoms with van der Waals surface area (Å²) in [6.45, 7) is 0. The smallest absolute Gasteiger partial charge is 0.331 e. The highest BCUT2D eigenvalue weighted by Gasteiger charge is 2.29. The van der Waals surface area contributed by atoms with Gasteiger partial charge in [-0.3, -0.25) is 0 Å². The second kappa shape index (κ2) is 4.98. The van der Waals surface area contributed by atoms with Gasteiger partial charge in [-0.15, -0.1) is 0 Å². The first-order chi connectivity index (χ1) is 10.0. The fraction of sp³-hybridized carbons (Fsp3) is 0.0625. The summed E-state index contributed by atoms with van der Waals surface area (Å²) >= 11 is 0. The second-order valence-electron chi connectivity index (χ2n) is 4.43. The van der Waals surface area contributed by atoms with Gasteiger partial charge in [0.05, 0.1) is 16.6 Å². The molecule has 2 aromatic carbocycles. The van der Waals surface area contributed by atoms with Crippen molar-refractivity contribution < 1.29 is 13.2 Å². The van der Waals surface area contributed by atoms with Crippen molar-refractivity contribution in [3.8, 4) is 11.8 Å². The van der Waals surface area contributed by atoms with Crippen LogP contribution in [0.25, 0.3) is 11.0 Å². The van der Waals surface area contributed by atoms with Crippen LogP contribution in [0.1, 0.15) is 17.0 Å². The van der Waals surface area contributed by atoms with Gasteiger partial charge in [-0.2, -0.15) is 13.2 Å². The monoisotopic (exact) mass is 286 g/mol. The van der Waals surface area contributed by atoms with Crippen LogP contribution < -0.4 is 0 Å². The average molecular weight is 286 g/mol. The number of aromatic amines is 1. The molecule has 0 atom stereocenters. The SMILES string of the molecule is FC(F)(F)c1ccc(C#Cc2nc3ccccc3[nH]2)cc1. The number of hydrogen-bond acceptors (Lipinski definition) is 1. The normalized spacial score (nSPS) is 11.2. The number of H-pyrrole nitrogens is 1. The predicted molar refractivity (Wildman–Crippen MR) is 73.5 cm³/mol. The Morgan fingerprint density at radius 2 is 1.62 bits per heavy atom. The van der Waals surface area contributed by atoms with E-state index in [1.165, 1.54) is 12.1 Å². The summed E-state index contributed by atoms with van der Waals surface area (Å²) in [5.74, 6) is 6.08. The molecule has 0 fully saturated rings. The van der Waals surface area contributed by atoms with E-state index in [2.05, 4.69) is 21.8 Å². The molecule has 1 heterocycles. The molecule has 3 rings (SSSR count). The Balaban J connectivity index is 1.87. The molecule has 0 radical (unpaired) electrons. The minimum atomic E-state index is -4.33. The maximum absolute atomic E-state index is 12.4. The molecule has 0 aliphatic carbocycles. The van der Waals surface area contributed by atoms with Crippen LogP contribution in [0.3, 0.4) is 0 Å². The number of para-hydroxylation sites is 2. The number of fused-ring (bicyclic) bond motifs is 1. The predicted octanol–water partition coefficient (Wildman–Crippen LogP) is 3.98. The third-order valence-corrected chi connectivity index (χ3v) is 2.93. The lowest BCUT2D eigenvalue weighted by molar-refractivity contribution is -0.137. The van der Waals surface area contributed by atoms with Gasteiger partial charge in [-0.05, 0) is 42.3 Å². The van der Waals surface area contributed by atoms with Gasteiger partial charge >= 0.3 is 6.18 Å². The van der Waals surface area contributed by atoms with Crippen LogP contribution in [-0.4, -0.2) is 9.97 Å². The number of nitrogens with one attached hydrogen (secondary N) is 1. The zero-order valence-electron chi connectivity index (χ0n) is 10.7. The van der Waals surface area contributed by atoms with Gasteiger partial charge < -0.3 is 4.98 Å². The second-order valence-corrected chi connectivity index (χ2v) is 4.43. The zero-order chi connectivity index (χ0) is 14.9. The Labute approximate surface area is 118 Å². The van der Waals surface area contributed by atoms with Crippen LogP contribution in [0.4, 0.5) is 13.2 Å². The average Bonchev–Trinajstić information content (AvgIpc) is 2.87. The number of nitrogens with zero attached hydrogens (tertiary/aromatic N) is 1. The molecule has 0 amide bonds. The molecule has 0 saturated carbocycles. The van der Waals surface area contributed by atoms with Crippen LogP contribution in [-0.2, 0) is 6.18 Å². The zero-order valence-corrected chi connectivity index (χ0v) is 10.7. The number of rotatable bonds is 0. The Bertz CT molecular complexity index is 801. The summed E-state index contributed by atoms with van der Waals surface area (Å²) in [6.07, 6.45) is -4.33. The number of hydrogen-bond donors (Lipinski definition) is 1. The van der Waals surface area contributed by atoms with Gasteiger partial charge in [0, 0.05) is 5.56 Å². The molecule has 1 N–H and O–H groups in total. The molecule has 5 heteroatoms. The van der Waals surface area contributed by atoms with Crippen LogP contribution in [0.15, 0.2) is 48.5 Å². The maximum atomic E-state index is 12.4. The van der Waals surface area contributed by atoms with Gasteiger partial charge in [0.2, 0.25) is 0 Å². The first-order valence-corrected chi connectivity index (χ1v) is 6.16. The summed E-state index contributed by atoms with van der Waals surface area (Å²) in [5.41, 5.74) is 1.49. The Kier molecular flexibility index (Phi) is 3.15. The third-order valence-electron chi connectivity index (χ3n) is 2.93. The fourth-order valence-electron chi connectivity index (χ4n) is 1.89. The van der Waals surface area contributed by atoms with Crippen LogP contribution in [0.2, 0.25) is 0 Å². The molecule has 3 aromatic rings. The molecule has 21 heavy (non-hydrogen) atoms. The van der Waals surface area contributed by atoms with E-state index in [1.807, 2.05) is 24.3 Å². The van der Waals surface area contributed by atoms with Crippen molar-refractivity contribution in [3.63, 3.8) is 0 Å². The minimum Gasteiger partial charge on any atom is -0.331 e. The number of aromatic nitrogens is 2. The standard InChI is InChI=1S/C16H9F3N2/c17-16(18,19)12-8-5-11(6-9-12)7-10-15-20-13-3-1-2-4-14(13)21-15/h1-6,8-9H,(H,20,21). The maximum Gasteiger partial charge on any atom is 0.416 e. The van der Waals surface area contributed by atoms with E-state index >= 15 is 0 Å². The van der Waals surface area contributed by atoms with Crippen molar-refractivity contribution in [2.75, 3.05) is 0 Å². The van der Waals surface area contributed by atoms with Gasteiger partial charge in [0.25, 0.3) is 0 Å². The molecule has 0 unspecified atom stereocenters. The summed E-state index contributed by atoms with van der Waals surface area (Å²) in [7, 11) is 0. The summed E-state index contributed by atoms with van der Waals surface area (Å²) in [4.78, 5) is 7.31. The van der Waals surface area contributed by atoms with Crippen molar-refractivity contribution in [1.82, 2.24) is 9.97 Å². The number of benzene rings is 2. The van der Waals surface area contributed by atoms with Crippen LogP contribution in [0.5, 0.6) is 0 Å². The molecule has 0 aliphatic heterocycles. The van der Waals surface area contributed by atoms with Crippen LogP contribution in [0, 0.1) is 11.8 Å². The largest absolute Gasteiger partial charge is 0.416 e. The highest BCUT2D eigenvalue weighted by molar-refractivity contribution is 5.75. The van der Waals surface area contributed by atoms with Gasteiger partial charge in [0.1, 0.15) is 0 Å². The van der Waals surface area contributed by atoms with Crippen molar-refractivity contribution in [2.24, 2.45) is 0 Å². The van der Waals surface area contributed by atoms with Gasteiger partial charge in [-0.1, -0.05) is 18.1 Å². The van der Waals surface area contributed by atoms with Crippen molar-refractivity contribution in [1.29, 1.82) is 0 Å². The molecule has 104 valence electrons. The molecular weight excluding hydrogens is 277 g/mol. The Hall–Kier alpha value is -2.74. The summed E-state index contributed by atoms with van der Waals surface area (Å²) in [5, 5.41) is 0. The van der Waals surface area contributed by atoms with E-state index in [1.54, 1.807) is 0 Å². The molecule has 0 aliphatic rings. The van der Waals surface area contributed by atoms with E-state index < -0.39 is 11.7 Å². The lowest BCUT2D eigenvalue weighted by atomic mass is 10.1. The molecule has 0 spiro atoms. The van der Waals surface area contributed by atoms with E-state index in [-0.39, 0.29) is 0 Å². The van der Waals surface area contributed by atoms with Gasteiger partial charge in [0.15, 0.2) is 5.82 Å². The lowest BCUT2D eigenvalue weighted by Crippen LogP contribution is -2.04. The molecule has 1 aromatic heterocycles. The Morgan fingerprint density at radius 3 is 2.29 bits per heavy atom. The highest BCUT2D eigenvalue weighted by atomic mass is 19.4. The highest BCUT2D eigenvalue weighted by Crippen LogP contribution is 2.28. The van der Waals surface area contributed by atoms with Gasteiger partial charge in [-0.25, -0.2) is 4.98 Å². The topological polar surface area (TPSA) is 28.7 Å². The first-order valence-electron chi connectivity index (χ1n) is 6.16. The van der Waals surface area contributed by atoms with Crippen molar-refractivity contribution in [2.45, 2.75) is 6.18 Å². The Morgan fingerprint density at radius 1 is 0.905 bits per heavy atom. The van der Waals surface area contributed by atoms with E-state index in [9.17, 15) is 13.2 Å². The molecule has 0 bridgehead atoms. The minimum absolute atomic E-state index is 0.482. The fourth-order valence-corrected chi connectivity index (χ4v) is 1.89. The summed E-state index contributed by atoms with van der Waals surface area (Å²) < 4.78 is 37.3. The number of imidazole rings is 1. The van der Waals surface area contributed by atoms with Crippen LogP contribution >= 0.6 is 0 Å². The summed E-state index contributed by atoms with van der Waals surface area (Å²) in [6, 6.07) is 12.2. The lowest BCUT2D eigenvalue weighted by Gasteiger charge is -2.05.